The van der Waals surface area contributed by atoms with Crippen LogP contribution in [0.15, 0.2) is 71.8 Å². The number of rotatable bonds is 12. The van der Waals surface area contributed by atoms with Crippen LogP contribution in [-0.2, 0) is 29.0 Å². The summed E-state index contributed by atoms with van der Waals surface area (Å²) in [6.07, 6.45) is -4.95. The summed E-state index contributed by atoms with van der Waals surface area (Å²) in [4.78, 5) is 49.2. The summed E-state index contributed by atoms with van der Waals surface area (Å²) < 4.78 is 83.1. The standard InChI is InChI=1S/C38H42F3N5O9S/c1-6-53-31-20-24(10-14-30(31)54-22(3)4)33(44-25-11-13-27-23(19-25)16-17-43-34(27)42)35(47)45-18-8-9-29(45)28-21-26(12-15-32(28)56(50,51)7-2)46(37(49)52-5)55-36(48)38(39,40)41/h10-17,19-22,29,33,44H,6-9,18H2,1-5H3,(H2,42,43)/t29-,33-/m0/s1. The molecule has 0 saturated carbocycles. The molecule has 2 amide bonds. The van der Waals surface area contributed by atoms with Crippen LogP contribution in [-0.4, -0.2) is 74.6 Å². The number of likely N-dealkylation sites (tertiary alicyclic amines) is 1. The molecule has 0 bridgehead atoms. The van der Waals surface area contributed by atoms with Gasteiger partial charge in [0.15, 0.2) is 21.3 Å². The van der Waals surface area contributed by atoms with Crippen molar-refractivity contribution in [1.29, 1.82) is 0 Å². The van der Waals surface area contributed by atoms with E-state index in [0.29, 0.717) is 47.0 Å². The Balaban J connectivity index is 1.63. The quantitative estimate of drug-likeness (QED) is 0.142. The zero-order valence-electron chi connectivity index (χ0n) is 31.3. The number of alkyl halides is 3. The van der Waals surface area contributed by atoms with Crippen molar-refractivity contribution in [2.24, 2.45) is 0 Å². The average molecular weight is 802 g/mol. The lowest BCUT2D eigenvalue weighted by Gasteiger charge is -2.32. The number of fused-ring (bicyclic) bond motifs is 1. The molecule has 0 unspecified atom stereocenters. The molecule has 2 heterocycles. The summed E-state index contributed by atoms with van der Waals surface area (Å²) in [6, 6.07) is 13.3. The molecular weight excluding hydrogens is 760 g/mol. The van der Waals surface area contributed by atoms with Crippen molar-refractivity contribution in [3.8, 4) is 11.5 Å². The third-order valence-corrected chi connectivity index (χ3v) is 10.7. The largest absolute Gasteiger partial charge is 0.493 e. The molecule has 0 spiro atoms. The second kappa shape index (κ2) is 16.9. The minimum atomic E-state index is -5.48. The minimum Gasteiger partial charge on any atom is -0.490 e. The Morgan fingerprint density at radius 2 is 1.79 bits per heavy atom. The highest BCUT2D eigenvalue weighted by molar-refractivity contribution is 7.91. The second-order valence-electron chi connectivity index (χ2n) is 13.0. The van der Waals surface area contributed by atoms with Crippen molar-refractivity contribution in [3.63, 3.8) is 0 Å². The van der Waals surface area contributed by atoms with Crippen molar-refractivity contribution in [2.45, 2.75) is 69.8 Å². The number of nitrogen functional groups attached to an aromatic ring is 1. The predicted octanol–water partition coefficient (Wildman–Crippen LogP) is 6.91. The SMILES string of the molecule is CCOc1cc([C@H](Nc2ccc3c(N)nccc3c2)C(=O)N2CCC[C@H]2c2cc(N(OC(=O)C(F)(F)F)C(=O)OC)ccc2S(=O)(=O)CC)ccc1OC(C)C. The van der Waals surface area contributed by atoms with Gasteiger partial charge in [0.2, 0.25) is 5.91 Å². The maximum atomic E-state index is 15.0. The van der Waals surface area contributed by atoms with Gasteiger partial charge < -0.3 is 35.0 Å². The number of carbonyl (C=O) groups is 3. The number of methoxy groups -OCH3 is 1. The number of nitrogens with zero attached hydrogens (tertiary/aromatic N) is 3. The number of aromatic nitrogens is 1. The number of pyridine rings is 1. The number of ether oxygens (including phenoxy) is 3. The van der Waals surface area contributed by atoms with E-state index in [0.717, 1.165) is 30.7 Å². The fraction of sp³-hybridized carbons (Fsp3) is 0.368. The van der Waals surface area contributed by atoms with Gasteiger partial charge in [0.25, 0.3) is 0 Å². The minimum absolute atomic E-state index is 0.00437. The van der Waals surface area contributed by atoms with Crippen LogP contribution in [0.1, 0.15) is 63.7 Å². The molecule has 5 rings (SSSR count). The highest BCUT2D eigenvalue weighted by atomic mass is 32.2. The fourth-order valence-electron chi connectivity index (χ4n) is 6.36. The first-order valence-corrected chi connectivity index (χ1v) is 19.3. The molecule has 14 nitrogen and oxygen atoms in total. The van der Waals surface area contributed by atoms with Crippen molar-refractivity contribution >= 4 is 55.8 Å². The molecule has 1 aliphatic rings. The summed E-state index contributed by atoms with van der Waals surface area (Å²) in [5.41, 5.74) is 6.64. The molecule has 3 aromatic carbocycles. The molecule has 0 aliphatic carbocycles. The molecule has 1 aliphatic heterocycles. The molecule has 56 heavy (non-hydrogen) atoms. The topological polar surface area (TPSA) is 180 Å². The number of hydrogen-bond donors (Lipinski definition) is 2. The second-order valence-corrected chi connectivity index (χ2v) is 15.2. The molecule has 2 atom stereocenters. The molecule has 0 radical (unpaired) electrons. The number of carbonyl (C=O) groups excluding carboxylic acids is 3. The van der Waals surface area contributed by atoms with Crippen LogP contribution in [0.3, 0.4) is 0 Å². The summed E-state index contributed by atoms with van der Waals surface area (Å²) in [5.74, 6) is -2.40. The molecular formula is C38H42F3N5O9S. The predicted molar refractivity (Wildman–Crippen MR) is 201 cm³/mol. The van der Waals surface area contributed by atoms with E-state index >= 15 is 0 Å². The van der Waals surface area contributed by atoms with Gasteiger partial charge >= 0.3 is 18.2 Å². The summed E-state index contributed by atoms with van der Waals surface area (Å²) in [5, 5.41) is 4.75. The number of benzene rings is 3. The first-order valence-electron chi connectivity index (χ1n) is 17.7. The Bertz CT molecular complexity index is 2220. The first-order chi connectivity index (χ1) is 26.5. The van der Waals surface area contributed by atoms with Crippen LogP contribution >= 0.6 is 0 Å². The highest BCUT2D eigenvalue weighted by Crippen LogP contribution is 2.41. The summed E-state index contributed by atoms with van der Waals surface area (Å²) in [7, 11) is -3.16. The Kier molecular flexibility index (Phi) is 12.5. The van der Waals surface area contributed by atoms with E-state index in [-0.39, 0.29) is 40.3 Å². The lowest BCUT2D eigenvalue weighted by molar-refractivity contribution is -0.200. The lowest BCUT2D eigenvalue weighted by Crippen LogP contribution is -2.39. The van der Waals surface area contributed by atoms with E-state index in [2.05, 4.69) is 19.9 Å². The normalized spacial score (nSPS) is 15.0. The Hall–Kier alpha value is -5.78. The monoisotopic (exact) mass is 801 g/mol. The maximum Gasteiger partial charge on any atom is 0.493 e. The molecule has 1 saturated heterocycles. The third-order valence-electron chi connectivity index (χ3n) is 8.90. The molecule has 1 aromatic heterocycles. The molecule has 4 aromatic rings. The van der Waals surface area contributed by atoms with E-state index in [1.54, 1.807) is 55.6 Å². The van der Waals surface area contributed by atoms with Crippen LogP contribution in [0.5, 0.6) is 11.5 Å². The van der Waals surface area contributed by atoms with Gasteiger partial charge in [-0.3, -0.25) is 4.79 Å². The number of nitrogens with one attached hydrogen (secondary N) is 1. The van der Waals surface area contributed by atoms with Crippen molar-refractivity contribution in [2.75, 3.05) is 42.1 Å². The van der Waals surface area contributed by atoms with Gasteiger partial charge in [0.05, 0.1) is 42.2 Å². The van der Waals surface area contributed by atoms with Gasteiger partial charge in [-0.15, -0.1) is 5.06 Å². The summed E-state index contributed by atoms with van der Waals surface area (Å²) >= 11 is 0. The Morgan fingerprint density at radius 3 is 2.45 bits per heavy atom. The number of hydroxylamine groups is 1. The number of nitrogens with two attached hydrogens (primary N) is 1. The van der Waals surface area contributed by atoms with Gasteiger partial charge in [-0.05, 0) is 105 Å². The van der Waals surface area contributed by atoms with Crippen LogP contribution < -0.4 is 25.6 Å². The first kappa shape index (κ1) is 41.4. The van der Waals surface area contributed by atoms with Crippen LogP contribution in [0.25, 0.3) is 10.8 Å². The van der Waals surface area contributed by atoms with E-state index in [4.69, 9.17) is 15.2 Å². The Morgan fingerprint density at radius 1 is 1.04 bits per heavy atom. The molecule has 18 heteroatoms. The average Bonchev–Trinajstić information content (AvgIpc) is 3.65. The fourth-order valence-corrected chi connectivity index (χ4v) is 7.50. The number of anilines is 3. The van der Waals surface area contributed by atoms with Gasteiger partial charge in [-0.25, -0.2) is 23.0 Å². The number of hydrogen-bond acceptors (Lipinski definition) is 12. The zero-order valence-corrected chi connectivity index (χ0v) is 32.1. The highest BCUT2D eigenvalue weighted by Gasteiger charge is 2.44. The van der Waals surface area contributed by atoms with E-state index in [9.17, 15) is 36.0 Å². The summed E-state index contributed by atoms with van der Waals surface area (Å²) in [6.45, 7) is 7.39. The molecule has 3 N–H and O–H groups in total. The van der Waals surface area contributed by atoms with Crippen LogP contribution in [0.4, 0.5) is 35.2 Å². The van der Waals surface area contributed by atoms with Crippen LogP contribution in [0, 0.1) is 0 Å². The van der Waals surface area contributed by atoms with E-state index < -0.39 is 51.8 Å². The van der Waals surface area contributed by atoms with Gasteiger partial charge in [0.1, 0.15) is 11.9 Å². The number of sulfone groups is 1. The van der Waals surface area contributed by atoms with Crippen molar-refractivity contribution in [3.05, 3.63) is 78.0 Å². The smallest absolute Gasteiger partial charge is 0.490 e. The third kappa shape index (κ3) is 9.01. The molecule has 300 valence electrons. The maximum absolute atomic E-state index is 15.0. The van der Waals surface area contributed by atoms with Crippen LogP contribution in [0.2, 0.25) is 0 Å². The van der Waals surface area contributed by atoms with Gasteiger partial charge in [0, 0.05) is 23.8 Å². The number of amides is 2. The van der Waals surface area contributed by atoms with Gasteiger partial charge in [-0.2, -0.15) is 13.2 Å². The van der Waals surface area contributed by atoms with Crippen molar-refractivity contribution in [1.82, 2.24) is 9.88 Å². The van der Waals surface area contributed by atoms with E-state index in [1.807, 2.05) is 13.8 Å². The Labute approximate surface area is 321 Å². The van der Waals surface area contributed by atoms with Crippen molar-refractivity contribution < 1.29 is 55.0 Å². The van der Waals surface area contributed by atoms with Gasteiger partial charge in [-0.1, -0.05) is 13.0 Å². The number of halogens is 3. The van der Waals surface area contributed by atoms with E-state index in [1.165, 1.54) is 11.8 Å². The molecule has 1 fully saturated rings. The zero-order chi connectivity index (χ0) is 40.9. The lowest BCUT2D eigenvalue weighted by atomic mass is 10.00.